The van der Waals surface area contributed by atoms with Crippen LogP contribution in [0.5, 0.6) is 0 Å². The second kappa shape index (κ2) is 6.28. The van der Waals surface area contributed by atoms with Crippen LogP contribution < -0.4 is 5.32 Å². The van der Waals surface area contributed by atoms with Gasteiger partial charge in [-0.2, -0.15) is 4.39 Å². The molecule has 1 aliphatic carbocycles. The van der Waals surface area contributed by atoms with Crippen LogP contribution in [0.4, 0.5) is 10.1 Å². The molecule has 0 unspecified atom stereocenters. The summed E-state index contributed by atoms with van der Waals surface area (Å²) in [4.78, 5) is 9.92. The van der Waals surface area contributed by atoms with Crippen molar-refractivity contribution in [2.24, 2.45) is 0 Å². The fourth-order valence-electron chi connectivity index (χ4n) is 2.66. The van der Waals surface area contributed by atoms with E-state index in [1.54, 1.807) is 0 Å². The zero-order valence-corrected chi connectivity index (χ0v) is 11.3. The maximum atomic E-state index is 13.8. The third-order valence-corrected chi connectivity index (χ3v) is 3.81. The lowest BCUT2D eigenvalue weighted by Crippen LogP contribution is -2.42. The van der Waals surface area contributed by atoms with Crippen molar-refractivity contribution in [1.29, 1.82) is 0 Å². The van der Waals surface area contributed by atoms with Crippen molar-refractivity contribution >= 4 is 5.69 Å². The van der Waals surface area contributed by atoms with Gasteiger partial charge in [-0.05, 0) is 12.8 Å². The molecule has 20 heavy (non-hydrogen) atoms. The summed E-state index contributed by atoms with van der Waals surface area (Å²) in [5, 5.41) is 24.0. The minimum atomic E-state index is -0.805. The summed E-state index contributed by atoms with van der Waals surface area (Å²) < 4.78 is 13.8. The predicted molar refractivity (Wildman–Crippen MR) is 72.8 cm³/mol. The highest BCUT2D eigenvalue weighted by atomic mass is 19.1. The molecule has 0 radical (unpaired) electrons. The molecule has 1 fully saturated rings. The first-order chi connectivity index (χ1) is 9.52. The van der Waals surface area contributed by atoms with Gasteiger partial charge in [-0.3, -0.25) is 10.1 Å². The minimum Gasteiger partial charge on any atom is -0.389 e. The standard InChI is InChI=1S/C14H19FN2O3/c15-13-11(5-4-6-12(13)17(19)20)9-16-10-14(18)7-2-1-3-8-14/h4-6,16,18H,1-3,7-10H2. The first-order valence-electron chi connectivity index (χ1n) is 6.87. The number of benzene rings is 1. The molecule has 5 nitrogen and oxygen atoms in total. The summed E-state index contributed by atoms with van der Waals surface area (Å²) in [5.41, 5.74) is -0.991. The third-order valence-electron chi connectivity index (χ3n) is 3.81. The smallest absolute Gasteiger partial charge is 0.305 e. The summed E-state index contributed by atoms with van der Waals surface area (Å²) in [5.74, 6) is -0.805. The molecule has 0 amide bonds. The molecule has 1 aliphatic rings. The van der Waals surface area contributed by atoms with Gasteiger partial charge in [-0.1, -0.05) is 31.4 Å². The largest absolute Gasteiger partial charge is 0.389 e. The van der Waals surface area contributed by atoms with Crippen molar-refractivity contribution in [3.05, 3.63) is 39.7 Å². The molecule has 110 valence electrons. The highest BCUT2D eigenvalue weighted by Gasteiger charge is 2.28. The molecule has 1 aromatic rings. The van der Waals surface area contributed by atoms with Crippen LogP contribution in [0.2, 0.25) is 0 Å². The molecule has 0 aliphatic heterocycles. The SMILES string of the molecule is O=[N+]([O-])c1cccc(CNCC2(O)CCCCC2)c1F. The van der Waals surface area contributed by atoms with Crippen molar-refractivity contribution < 1.29 is 14.4 Å². The molecule has 0 saturated heterocycles. The van der Waals surface area contributed by atoms with Gasteiger partial charge in [-0.15, -0.1) is 0 Å². The van der Waals surface area contributed by atoms with E-state index in [9.17, 15) is 19.6 Å². The van der Waals surface area contributed by atoms with Gasteiger partial charge >= 0.3 is 5.69 Å². The average Bonchev–Trinajstić information content (AvgIpc) is 2.41. The average molecular weight is 282 g/mol. The van der Waals surface area contributed by atoms with Gasteiger partial charge in [0.25, 0.3) is 0 Å². The van der Waals surface area contributed by atoms with Crippen LogP contribution in [-0.2, 0) is 6.54 Å². The molecular weight excluding hydrogens is 263 g/mol. The number of halogens is 1. The lowest BCUT2D eigenvalue weighted by molar-refractivity contribution is -0.387. The maximum Gasteiger partial charge on any atom is 0.305 e. The highest BCUT2D eigenvalue weighted by Crippen LogP contribution is 2.27. The Balaban J connectivity index is 1.94. The summed E-state index contributed by atoms with van der Waals surface area (Å²) in [7, 11) is 0. The molecule has 0 aromatic heterocycles. The Labute approximate surface area is 117 Å². The van der Waals surface area contributed by atoms with Crippen LogP contribution in [0.15, 0.2) is 18.2 Å². The number of nitrogens with one attached hydrogen (secondary N) is 1. The minimum absolute atomic E-state index is 0.176. The van der Waals surface area contributed by atoms with E-state index >= 15 is 0 Å². The number of nitro groups is 1. The first-order valence-corrected chi connectivity index (χ1v) is 6.87. The fourth-order valence-corrected chi connectivity index (χ4v) is 2.66. The van der Waals surface area contributed by atoms with Crippen LogP contribution >= 0.6 is 0 Å². The van der Waals surface area contributed by atoms with Gasteiger partial charge in [0.1, 0.15) is 0 Å². The van der Waals surface area contributed by atoms with Crippen molar-refractivity contribution in [3.8, 4) is 0 Å². The van der Waals surface area contributed by atoms with Crippen LogP contribution in [-0.4, -0.2) is 22.2 Å². The van der Waals surface area contributed by atoms with E-state index in [1.807, 2.05) is 0 Å². The molecule has 0 atom stereocenters. The van der Waals surface area contributed by atoms with Crippen LogP contribution in [0.3, 0.4) is 0 Å². The van der Waals surface area contributed by atoms with Gasteiger partial charge in [0.05, 0.1) is 10.5 Å². The van der Waals surface area contributed by atoms with Crippen molar-refractivity contribution in [3.63, 3.8) is 0 Å². The van der Waals surface area contributed by atoms with Crippen LogP contribution in [0.1, 0.15) is 37.7 Å². The molecule has 0 spiro atoms. The van der Waals surface area contributed by atoms with Crippen molar-refractivity contribution in [2.45, 2.75) is 44.2 Å². The highest BCUT2D eigenvalue weighted by molar-refractivity contribution is 5.36. The Morgan fingerprint density at radius 2 is 2.05 bits per heavy atom. The summed E-state index contributed by atoms with van der Waals surface area (Å²) in [6.07, 6.45) is 4.64. The first kappa shape index (κ1) is 14.9. The molecule has 2 N–H and O–H groups in total. The molecule has 6 heteroatoms. The van der Waals surface area contributed by atoms with Crippen LogP contribution in [0, 0.1) is 15.9 Å². The van der Waals surface area contributed by atoms with E-state index in [0.717, 1.165) is 38.2 Å². The predicted octanol–water partition coefficient (Wildman–Crippen LogP) is 2.52. The van der Waals surface area contributed by atoms with Gasteiger partial charge in [0.15, 0.2) is 0 Å². The fraction of sp³-hybridized carbons (Fsp3) is 0.571. The number of nitrogens with zero attached hydrogens (tertiary/aromatic N) is 1. The van der Waals surface area contributed by atoms with Gasteiger partial charge < -0.3 is 10.4 Å². The van der Waals surface area contributed by atoms with E-state index in [2.05, 4.69) is 5.32 Å². The van der Waals surface area contributed by atoms with E-state index < -0.39 is 22.0 Å². The normalized spacial score (nSPS) is 17.9. The number of aliphatic hydroxyl groups is 1. The number of rotatable bonds is 5. The van der Waals surface area contributed by atoms with Crippen molar-refractivity contribution in [1.82, 2.24) is 5.32 Å². The topological polar surface area (TPSA) is 75.4 Å². The number of hydrogen-bond acceptors (Lipinski definition) is 4. The van der Waals surface area contributed by atoms with Gasteiger partial charge in [0.2, 0.25) is 5.82 Å². The third kappa shape index (κ3) is 3.52. The Bertz CT molecular complexity index is 487. The van der Waals surface area contributed by atoms with Crippen LogP contribution in [0.25, 0.3) is 0 Å². The molecular formula is C14H19FN2O3. The Morgan fingerprint density at radius 3 is 2.70 bits per heavy atom. The summed E-state index contributed by atoms with van der Waals surface area (Å²) >= 11 is 0. The Hall–Kier alpha value is -1.53. The second-order valence-electron chi connectivity index (χ2n) is 5.40. The molecule has 0 bridgehead atoms. The lowest BCUT2D eigenvalue weighted by Gasteiger charge is -2.32. The maximum absolute atomic E-state index is 13.8. The summed E-state index contributed by atoms with van der Waals surface area (Å²) in [6.45, 7) is 0.560. The zero-order valence-electron chi connectivity index (χ0n) is 11.3. The van der Waals surface area contributed by atoms with Gasteiger partial charge in [-0.25, -0.2) is 0 Å². The summed E-state index contributed by atoms with van der Waals surface area (Å²) in [6, 6.07) is 4.13. The van der Waals surface area contributed by atoms with E-state index in [-0.39, 0.29) is 12.1 Å². The Morgan fingerprint density at radius 1 is 1.35 bits per heavy atom. The van der Waals surface area contributed by atoms with E-state index in [0.29, 0.717) is 6.54 Å². The van der Waals surface area contributed by atoms with E-state index in [1.165, 1.54) is 12.1 Å². The monoisotopic (exact) mass is 282 g/mol. The van der Waals surface area contributed by atoms with Gasteiger partial charge in [0, 0.05) is 24.7 Å². The molecule has 2 rings (SSSR count). The second-order valence-corrected chi connectivity index (χ2v) is 5.40. The molecule has 0 heterocycles. The number of nitro benzene ring substituents is 1. The quantitative estimate of drug-likeness (QED) is 0.642. The zero-order chi connectivity index (χ0) is 14.6. The number of hydrogen-bond donors (Lipinski definition) is 2. The Kier molecular flexibility index (Phi) is 4.67. The van der Waals surface area contributed by atoms with Crippen molar-refractivity contribution in [2.75, 3.05) is 6.54 Å². The lowest BCUT2D eigenvalue weighted by atomic mass is 9.85. The van der Waals surface area contributed by atoms with E-state index in [4.69, 9.17) is 0 Å². The molecule has 1 saturated carbocycles. The molecule has 1 aromatic carbocycles.